The maximum Gasteiger partial charge on any atom is 0.417 e. The van der Waals surface area contributed by atoms with E-state index >= 15 is 0 Å². The van der Waals surface area contributed by atoms with E-state index in [1.54, 1.807) is 27.9 Å². The zero-order chi connectivity index (χ0) is 22.1. The summed E-state index contributed by atoms with van der Waals surface area (Å²) in [7, 11) is 1.57. The van der Waals surface area contributed by atoms with E-state index in [0.29, 0.717) is 18.6 Å². The quantitative estimate of drug-likeness (QED) is 0.691. The monoisotopic (exact) mass is 412 g/mol. The van der Waals surface area contributed by atoms with Crippen LogP contribution in [0.25, 0.3) is 0 Å². The Balaban J connectivity index is 2.23. The lowest BCUT2D eigenvalue weighted by Gasteiger charge is -2.47. The second-order valence-electron chi connectivity index (χ2n) is 9.25. The molecule has 0 fully saturated rings. The van der Waals surface area contributed by atoms with Crippen molar-refractivity contribution < 1.29 is 19.1 Å². The first kappa shape index (κ1) is 22.2. The number of methoxy groups -OCH3 is 1. The highest BCUT2D eigenvalue weighted by Crippen LogP contribution is 2.39. The Morgan fingerprint density at radius 1 is 1.23 bits per heavy atom. The van der Waals surface area contributed by atoms with Gasteiger partial charge in [-0.1, -0.05) is 56.3 Å². The summed E-state index contributed by atoms with van der Waals surface area (Å²) in [5, 5.41) is 0. The normalized spacial score (nSPS) is 26.8. The molecule has 1 aromatic carbocycles. The van der Waals surface area contributed by atoms with Gasteiger partial charge in [-0.25, -0.2) is 9.69 Å². The van der Waals surface area contributed by atoms with E-state index in [4.69, 9.17) is 14.5 Å². The molecule has 1 aliphatic carbocycles. The number of amides is 2. The van der Waals surface area contributed by atoms with Crippen LogP contribution < -0.4 is 0 Å². The lowest BCUT2D eigenvalue weighted by atomic mass is 9.78. The van der Waals surface area contributed by atoms with Crippen molar-refractivity contribution in [3.8, 4) is 0 Å². The number of allylic oxidation sites excluding steroid dienone is 1. The van der Waals surface area contributed by atoms with E-state index in [-0.39, 0.29) is 11.8 Å². The van der Waals surface area contributed by atoms with Crippen LogP contribution in [0, 0.1) is 5.92 Å². The molecular formula is C24H32N2O4. The number of hydrogen-bond acceptors (Lipinski definition) is 5. The van der Waals surface area contributed by atoms with E-state index in [9.17, 15) is 9.59 Å². The molecule has 0 N–H and O–H groups in total. The Hall–Kier alpha value is -2.47. The van der Waals surface area contributed by atoms with E-state index in [1.165, 1.54) is 4.90 Å². The van der Waals surface area contributed by atoms with Crippen LogP contribution in [-0.4, -0.2) is 53.0 Å². The fraction of sp³-hybridized carbons (Fsp3) is 0.542. The van der Waals surface area contributed by atoms with Crippen LogP contribution in [0.3, 0.4) is 0 Å². The number of carbonyl (C=O) groups excluding carboxylic acids is 2. The Labute approximate surface area is 179 Å². The van der Waals surface area contributed by atoms with Crippen molar-refractivity contribution >= 4 is 17.7 Å². The third-order valence-electron chi connectivity index (χ3n) is 5.49. The molecule has 3 rings (SSSR count). The highest BCUT2D eigenvalue weighted by Gasteiger charge is 2.56. The summed E-state index contributed by atoms with van der Waals surface area (Å²) < 4.78 is 11.3. The van der Waals surface area contributed by atoms with Crippen LogP contribution >= 0.6 is 0 Å². The molecule has 1 spiro atoms. The van der Waals surface area contributed by atoms with Gasteiger partial charge in [-0.3, -0.25) is 9.79 Å². The van der Waals surface area contributed by atoms with Crippen molar-refractivity contribution in [1.82, 2.24) is 4.90 Å². The van der Waals surface area contributed by atoms with Gasteiger partial charge in [0.2, 0.25) is 0 Å². The number of ether oxygens (including phenoxy) is 2. The molecule has 1 heterocycles. The summed E-state index contributed by atoms with van der Waals surface area (Å²) in [6.07, 6.45) is 3.84. The van der Waals surface area contributed by atoms with Gasteiger partial charge in [0.05, 0.1) is 11.8 Å². The number of rotatable bonds is 3. The van der Waals surface area contributed by atoms with E-state index in [2.05, 4.69) is 0 Å². The van der Waals surface area contributed by atoms with Gasteiger partial charge in [0.1, 0.15) is 11.7 Å². The van der Waals surface area contributed by atoms with Crippen LogP contribution in [0.2, 0.25) is 0 Å². The van der Waals surface area contributed by atoms with Gasteiger partial charge in [0.15, 0.2) is 5.54 Å². The minimum Gasteiger partial charge on any atom is -0.443 e. The van der Waals surface area contributed by atoms with Crippen molar-refractivity contribution in [2.45, 2.75) is 70.7 Å². The second kappa shape index (κ2) is 8.34. The molecule has 3 atom stereocenters. The molecule has 0 saturated carbocycles. The van der Waals surface area contributed by atoms with Crippen LogP contribution in [0.5, 0.6) is 0 Å². The van der Waals surface area contributed by atoms with Gasteiger partial charge < -0.3 is 9.47 Å². The van der Waals surface area contributed by atoms with Crippen molar-refractivity contribution in [1.29, 1.82) is 0 Å². The van der Waals surface area contributed by atoms with E-state index in [1.807, 2.05) is 56.3 Å². The first-order valence-corrected chi connectivity index (χ1v) is 10.5. The topological polar surface area (TPSA) is 68.2 Å². The predicted molar refractivity (Wildman–Crippen MR) is 117 cm³/mol. The summed E-state index contributed by atoms with van der Waals surface area (Å²) in [5.74, 6) is -0.399. The van der Waals surface area contributed by atoms with Gasteiger partial charge in [-0.05, 0) is 45.1 Å². The van der Waals surface area contributed by atoms with E-state index < -0.39 is 29.4 Å². The van der Waals surface area contributed by atoms with Gasteiger partial charge in [0, 0.05) is 7.11 Å². The summed E-state index contributed by atoms with van der Waals surface area (Å²) >= 11 is 0. The molecule has 6 heteroatoms. The molecule has 6 nitrogen and oxygen atoms in total. The Morgan fingerprint density at radius 2 is 1.90 bits per heavy atom. The third-order valence-corrected chi connectivity index (χ3v) is 5.49. The van der Waals surface area contributed by atoms with Crippen LogP contribution in [0.15, 0.2) is 47.5 Å². The fourth-order valence-electron chi connectivity index (χ4n) is 4.20. The number of imide groups is 1. The molecule has 1 aliphatic heterocycles. The molecule has 0 aromatic heterocycles. The Morgan fingerprint density at radius 3 is 2.47 bits per heavy atom. The smallest absolute Gasteiger partial charge is 0.417 e. The molecule has 30 heavy (non-hydrogen) atoms. The summed E-state index contributed by atoms with van der Waals surface area (Å²) in [5.41, 5.74) is -0.299. The highest BCUT2D eigenvalue weighted by molar-refractivity contribution is 6.14. The molecule has 162 valence electrons. The molecule has 2 aliphatic rings. The van der Waals surface area contributed by atoms with Gasteiger partial charge >= 0.3 is 6.09 Å². The molecular weight excluding hydrogens is 380 g/mol. The second-order valence-corrected chi connectivity index (χ2v) is 9.25. The summed E-state index contributed by atoms with van der Waals surface area (Å²) in [4.78, 5) is 33.5. The first-order valence-electron chi connectivity index (χ1n) is 10.5. The minimum atomic E-state index is -1.18. The van der Waals surface area contributed by atoms with Crippen molar-refractivity contribution in [3.05, 3.63) is 48.0 Å². The average Bonchev–Trinajstić information content (AvgIpc) is 2.69. The molecule has 0 bridgehead atoms. The van der Waals surface area contributed by atoms with Crippen LogP contribution in [0.4, 0.5) is 4.79 Å². The number of benzene rings is 1. The summed E-state index contributed by atoms with van der Waals surface area (Å²) in [6, 6.07) is 9.21. The zero-order valence-electron chi connectivity index (χ0n) is 18.7. The predicted octanol–water partition coefficient (Wildman–Crippen LogP) is 4.38. The lowest BCUT2D eigenvalue weighted by Crippen LogP contribution is -2.66. The van der Waals surface area contributed by atoms with E-state index in [0.717, 1.165) is 5.56 Å². The van der Waals surface area contributed by atoms with Crippen LogP contribution in [0.1, 0.15) is 53.0 Å². The van der Waals surface area contributed by atoms with Crippen molar-refractivity contribution in [2.24, 2.45) is 10.9 Å². The summed E-state index contributed by atoms with van der Waals surface area (Å²) in [6.45, 7) is 9.37. The number of hydrogen-bond donors (Lipinski definition) is 0. The standard InChI is InChI=1S/C24H32N2O4/c1-16(2)20-19(17-12-8-7-9-13-17)25-24(15-11-10-14-18(24)29-6)21(27)26(20)22(28)30-23(3,4)5/h7-10,12-14,16,18,20H,11,15H2,1-6H3/t18-,20-,24+/m0/s1. The maximum atomic E-state index is 13.9. The molecule has 2 amide bonds. The Bertz CT molecular complexity index is 854. The van der Waals surface area contributed by atoms with Gasteiger partial charge in [-0.15, -0.1) is 0 Å². The van der Waals surface area contributed by atoms with Crippen LogP contribution in [-0.2, 0) is 14.3 Å². The number of carbonyl (C=O) groups is 2. The largest absolute Gasteiger partial charge is 0.443 e. The number of aliphatic imine (C=N–C) groups is 1. The highest BCUT2D eigenvalue weighted by atomic mass is 16.6. The van der Waals surface area contributed by atoms with Gasteiger partial charge in [0.25, 0.3) is 5.91 Å². The van der Waals surface area contributed by atoms with Crippen molar-refractivity contribution in [3.63, 3.8) is 0 Å². The van der Waals surface area contributed by atoms with Gasteiger partial charge in [-0.2, -0.15) is 0 Å². The lowest BCUT2D eigenvalue weighted by molar-refractivity contribution is -0.143. The Kier molecular flexibility index (Phi) is 6.18. The molecule has 0 radical (unpaired) electrons. The zero-order valence-corrected chi connectivity index (χ0v) is 18.7. The van der Waals surface area contributed by atoms with Crippen molar-refractivity contribution in [2.75, 3.05) is 7.11 Å². The molecule has 0 unspecified atom stereocenters. The number of nitrogens with zero attached hydrogens (tertiary/aromatic N) is 2. The fourth-order valence-corrected chi connectivity index (χ4v) is 4.20. The molecule has 0 saturated heterocycles. The maximum absolute atomic E-state index is 13.9. The third kappa shape index (κ3) is 4.06. The average molecular weight is 413 g/mol. The SMILES string of the molecule is CO[C@H]1C=CCC[C@@]12N=C(c1ccccc1)[C@H](C(C)C)N(C(=O)OC(C)(C)C)C2=O. The first-order chi connectivity index (χ1) is 14.1. The molecule has 1 aromatic rings. The minimum absolute atomic E-state index is 0.0436.